The Morgan fingerprint density at radius 2 is 2.21 bits per heavy atom. The van der Waals surface area contributed by atoms with E-state index in [4.69, 9.17) is 0 Å². The first-order chi connectivity index (χ1) is 6.68. The van der Waals surface area contributed by atoms with Gasteiger partial charge in [-0.05, 0) is 45.7 Å². The van der Waals surface area contributed by atoms with Gasteiger partial charge in [-0.1, -0.05) is 0 Å². The van der Waals surface area contributed by atoms with Crippen LogP contribution in [0, 0.1) is 20.8 Å². The molecule has 1 N–H and O–H groups in total. The summed E-state index contributed by atoms with van der Waals surface area (Å²) in [4.78, 5) is 0. The lowest BCUT2D eigenvalue weighted by Crippen LogP contribution is -2.27. The summed E-state index contributed by atoms with van der Waals surface area (Å²) in [6, 6.07) is 0.632. The molecule has 2 heterocycles. The molecule has 2 rings (SSSR count). The molecule has 0 aliphatic carbocycles. The molecule has 1 aromatic heterocycles. The van der Waals surface area contributed by atoms with Crippen molar-refractivity contribution in [3.05, 3.63) is 17.0 Å². The Kier molecular flexibility index (Phi) is 2.59. The fraction of sp³-hybridized carbons (Fsp3) is 0.727. The van der Waals surface area contributed by atoms with Gasteiger partial charge in [0.15, 0.2) is 0 Å². The van der Waals surface area contributed by atoms with Crippen LogP contribution in [-0.2, 0) is 6.54 Å². The Morgan fingerprint density at radius 1 is 1.43 bits per heavy atom. The Hall–Kier alpha value is -0.830. The summed E-state index contributed by atoms with van der Waals surface area (Å²) in [6.45, 7) is 8.59. The molecular weight excluding hydrogens is 174 g/mol. The second-order valence-corrected chi connectivity index (χ2v) is 4.27. The first-order valence-corrected chi connectivity index (χ1v) is 5.42. The number of nitrogens with zero attached hydrogens (tertiary/aromatic N) is 2. The van der Waals surface area contributed by atoms with E-state index < -0.39 is 0 Å². The van der Waals surface area contributed by atoms with Crippen molar-refractivity contribution in [2.75, 3.05) is 6.54 Å². The minimum Gasteiger partial charge on any atom is -0.312 e. The lowest BCUT2D eigenvalue weighted by atomic mass is 10.2. The maximum atomic E-state index is 4.55. The molecule has 1 aliphatic rings. The number of hydrogen-bond acceptors (Lipinski definition) is 2. The Labute approximate surface area is 85.5 Å². The summed E-state index contributed by atoms with van der Waals surface area (Å²) in [5, 5.41) is 8.05. The topological polar surface area (TPSA) is 29.9 Å². The largest absolute Gasteiger partial charge is 0.312 e. The lowest BCUT2D eigenvalue weighted by molar-refractivity contribution is 0.467. The Balaban J connectivity index is 2.12. The fourth-order valence-corrected chi connectivity index (χ4v) is 2.09. The zero-order valence-corrected chi connectivity index (χ0v) is 9.30. The van der Waals surface area contributed by atoms with Crippen LogP contribution in [0.25, 0.3) is 0 Å². The van der Waals surface area contributed by atoms with E-state index in [0.717, 1.165) is 6.54 Å². The third kappa shape index (κ3) is 1.69. The molecule has 1 fully saturated rings. The van der Waals surface area contributed by atoms with E-state index in [2.05, 4.69) is 35.9 Å². The molecule has 0 unspecified atom stereocenters. The molecule has 1 atom stereocenters. The van der Waals surface area contributed by atoms with E-state index in [1.54, 1.807) is 0 Å². The summed E-state index contributed by atoms with van der Waals surface area (Å²) < 4.78 is 2.15. The van der Waals surface area contributed by atoms with Gasteiger partial charge < -0.3 is 5.32 Å². The number of aryl methyl sites for hydroxylation is 1. The zero-order valence-electron chi connectivity index (χ0n) is 9.30. The van der Waals surface area contributed by atoms with Crippen LogP contribution in [0.3, 0.4) is 0 Å². The first kappa shape index (κ1) is 9.71. The van der Waals surface area contributed by atoms with Crippen molar-refractivity contribution in [1.29, 1.82) is 0 Å². The highest BCUT2D eigenvalue weighted by Gasteiger charge is 2.16. The molecule has 0 aromatic carbocycles. The molecule has 14 heavy (non-hydrogen) atoms. The van der Waals surface area contributed by atoms with Gasteiger partial charge in [0.2, 0.25) is 0 Å². The molecule has 0 spiro atoms. The monoisotopic (exact) mass is 193 g/mol. The highest BCUT2D eigenvalue weighted by atomic mass is 15.3. The van der Waals surface area contributed by atoms with Gasteiger partial charge in [-0.2, -0.15) is 5.10 Å². The minimum atomic E-state index is 0.632. The van der Waals surface area contributed by atoms with Crippen molar-refractivity contribution in [3.8, 4) is 0 Å². The molecule has 0 bridgehead atoms. The van der Waals surface area contributed by atoms with Crippen molar-refractivity contribution in [2.45, 2.75) is 46.2 Å². The SMILES string of the molecule is Cc1nn(C[C@@H]2CCCN2)c(C)c1C. The standard InChI is InChI=1S/C11H19N3/c1-8-9(2)13-14(10(8)3)7-11-5-4-6-12-11/h11-12H,4-7H2,1-3H3/t11-/m0/s1. The van der Waals surface area contributed by atoms with Crippen LogP contribution < -0.4 is 5.32 Å². The van der Waals surface area contributed by atoms with Crippen LogP contribution in [0.15, 0.2) is 0 Å². The third-order valence-corrected chi connectivity index (χ3v) is 3.30. The quantitative estimate of drug-likeness (QED) is 0.772. The van der Waals surface area contributed by atoms with Crippen molar-refractivity contribution >= 4 is 0 Å². The van der Waals surface area contributed by atoms with Crippen molar-refractivity contribution in [1.82, 2.24) is 15.1 Å². The maximum absolute atomic E-state index is 4.55. The Morgan fingerprint density at radius 3 is 2.71 bits per heavy atom. The molecular formula is C11H19N3. The molecule has 3 heteroatoms. The van der Waals surface area contributed by atoms with Crippen molar-refractivity contribution < 1.29 is 0 Å². The average molecular weight is 193 g/mol. The minimum absolute atomic E-state index is 0.632. The van der Waals surface area contributed by atoms with Gasteiger partial charge in [0, 0.05) is 11.7 Å². The molecule has 78 valence electrons. The fourth-order valence-electron chi connectivity index (χ4n) is 2.09. The van der Waals surface area contributed by atoms with Crippen LogP contribution >= 0.6 is 0 Å². The zero-order chi connectivity index (χ0) is 10.1. The second kappa shape index (κ2) is 3.73. The van der Waals surface area contributed by atoms with Gasteiger partial charge >= 0.3 is 0 Å². The summed E-state index contributed by atoms with van der Waals surface area (Å²) >= 11 is 0. The molecule has 0 amide bonds. The van der Waals surface area contributed by atoms with Gasteiger partial charge in [-0.15, -0.1) is 0 Å². The van der Waals surface area contributed by atoms with E-state index in [1.165, 1.54) is 36.3 Å². The number of rotatable bonds is 2. The second-order valence-electron chi connectivity index (χ2n) is 4.27. The highest BCUT2D eigenvalue weighted by Crippen LogP contribution is 2.14. The molecule has 0 radical (unpaired) electrons. The molecule has 3 nitrogen and oxygen atoms in total. The van der Waals surface area contributed by atoms with E-state index in [1.807, 2.05) is 0 Å². The average Bonchev–Trinajstić information content (AvgIpc) is 2.73. The van der Waals surface area contributed by atoms with Crippen LogP contribution in [-0.4, -0.2) is 22.4 Å². The number of aromatic nitrogens is 2. The van der Waals surface area contributed by atoms with E-state index >= 15 is 0 Å². The highest BCUT2D eigenvalue weighted by molar-refractivity contribution is 5.22. The van der Waals surface area contributed by atoms with Gasteiger partial charge in [0.05, 0.1) is 12.2 Å². The number of hydrogen-bond donors (Lipinski definition) is 1. The van der Waals surface area contributed by atoms with E-state index in [-0.39, 0.29) is 0 Å². The van der Waals surface area contributed by atoms with E-state index in [0.29, 0.717) is 6.04 Å². The van der Waals surface area contributed by atoms with Crippen LogP contribution in [0.2, 0.25) is 0 Å². The van der Waals surface area contributed by atoms with Crippen LogP contribution in [0.1, 0.15) is 29.8 Å². The molecule has 0 saturated carbocycles. The summed E-state index contributed by atoms with van der Waals surface area (Å²) in [5.41, 5.74) is 3.82. The normalized spacial score (nSPS) is 21.8. The summed E-state index contributed by atoms with van der Waals surface area (Å²) in [7, 11) is 0. The number of nitrogens with one attached hydrogen (secondary N) is 1. The van der Waals surface area contributed by atoms with Crippen molar-refractivity contribution in [3.63, 3.8) is 0 Å². The van der Waals surface area contributed by atoms with Crippen LogP contribution in [0.5, 0.6) is 0 Å². The molecule has 1 saturated heterocycles. The maximum Gasteiger partial charge on any atom is 0.0625 e. The lowest BCUT2D eigenvalue weighted by Gasteiger charge is -2.11. The summed E-state index contributed by atoms with van der Waals surface area (Å²) in [5.74, 6) is 0. The van der Waals surface area contributed by atoms with Gasteiger partial charge in [-0.25, -0.2) is 0 Å². The predicted octanol–water partition coefficient (Wildman–Crippen LogP) is 1.56. The van der Waals surface area contributed by atoms with Gasteiger partial charge in [-0.3, -0.25) is 4.68 Å². The van der Waals surface area contributed by atoms with E-state index in [9.17, 15) is 0 Å². The Bertz CT molecular complexity index is 322. The smallest absolute Gasteiger partial charge is 0.0625 e. The first-order valence-electron chi connectivity index (χ1n) is 5.42. The molecule has 1 aliphatic heterocycles. The van der Waals surface area contributed by atoms with Crippen LogP contribution in [0.4, 0.5) is 0 Å². The molecule has 1 aromatic rings. The van der Waals surface area contributed by atoms with Crippen molar-refractivity contribution in [2.24, 2.45) is 0 Å². The summed E-state index contributed by atoms with van der Waals surface area (Å²) in [6.07, 6.45) is 2.60. The van der Waals surface area contributed by atoms with Gasteiger partial charge in [0.25, 0.3) is 0 Å². The van der Waals surface area contributed by atoms with Gasteiger partial charge in [0.1, 0.15) is 0 Å². The predicted molar refractivity (Wildman–Crippen MR) is 57.5 cm³/mol. The third-order valence-electron chi connectivity index (χ3n) is 3.30.